The number of nitrogens with one attached hydrogen (secondary N) is 1. The summed E-state index contributed by atoms with van der Waals surface area (Å²) in [5.74, 6) is 3.19. The van der Waals surface area contributed by atoms with E-state index in [0.29, 0.717) is 31.1 Å². The van der Waals surface area contributed by atoms with Crippen molar-refractivity contribution in [2.45, 2.75) is 49.1 Å². The third kappa shape index (κ3) is 3.33. The second-order valence-corrected chi connectivity index (χ2v) is 9.27. The van der Waals surface area contributed by atoms with Gasteiger partial charge in [0.25, 0.3) is 0 Å². The monoisotopic (exact) mass is 404 g/mol. The minimum absolute atomic E-state index is 0.0859. The largest absolute Gasteiger partial charge is 0.486 e. The Morgan fingerprint density at radius 1 is 1.21 bits per heavy atom. The number of fused-ring (bicyclic) bond motifs is 2. The van der Waals surface area contributed by atoms with Gasteiger partial charge in [0.15, 0.2) is 11.5 Å². The first-order chi connectivity index (χ1) is 13.5. The Morgan fingerprint density at radius 2 is 1.96 bits per heavy atom. The highest BCUT2D eigenvalue weighted by Gasteiger charge is 2.51. The second-order valence-electron chi connectivity index (χ2n) is 7.43. The number of carbonyl (C=O) groups is 1. The Kier molecular flexibility index (Phi) is 5.21. The van der Waals surface area contributed by atoms with Crippen molar-refractivity contribution in [2.24, 2.45) is 5.92 Å². The topological polar surface area (TPSA) is 84.9 Å². The number of sulfonamides is 1. The molecule has 2 aliphatic heterocycles. The number of terminal acetylenes is 1. The maximum absolute atomic E-state index is 13.6. The van der Waals surface area contributed by atoms with Crippen LogP contribution in [0.1, 0.15) is 32.1 Å². The van der Waals surface area contributed by atoms with E-state index >= 15 is 0 Å². The number of ether oxygens (including phenoxy) is 2. The fraction of sp³-hybridized carbons (Fsp3) is 0.550. The molecule has 1 aromatic rings. The first-order valence-corrected chi connectivity index (χ1v) is 11.1. The lowest BCUT2D eigenvalue weighted by molar-refractivity contribution is -0.124. The van der Waals surface area contributed by atoms with Crippen LogP contribution in [-0.4, -0.2) is 50.5 Å². The molecule has 1 saturated carbocycles. The van der Waals surface area contributed by atoms with E-state index in [9.17, 15) is 13.2 Å². The molecular formula is C20H24N2O5S. The summed E-state index contributed by atoms with van der Waals surface area (Å²) in [6.45, 7) is 0.900. The molecule has 7 nitrogen and oxygen atoms in total. The van der Waals surface area contributed by atoms with Crippen LogP contribution in [0.3, 0.4) is 0 Å². The molecule has 8 heteroatoms. The molecular weight excluding hydrogens is 380 g/mol. The van der Waals surface area contributed by atoms with Gasteiger partial charge in [0, 0.05) is 12.1 Å². The molecule has 2 fully saturated rings. The Hall–Kier alpha value is -2.24. The third-order valence-electron chi connectivity index (χ3n) is 5.79. The van der Waals surface area contributed by atoms with E-state index in [1.165, 1.54) is 16.4 Å². The molecule has 1 aromatic carbocycles. The summed E-state index contributed by atoms with van der Waals surface area (Å²) in [6, 6.07) is 3.74. The Labute approximate surface area is 165 Å². The molecule has 1 amide bonds. The van der Waals surface area contributed by atoms with Gasteiger partial charge in [-0.05, 0) is 37.3 Å². The second kappa shape index (κ2) is 7.64. The standard InChI is InChI=1S/C20H24N2O5S/c1-2-9-21-20(23)17-12-14-5-3-4-6-16(14)22(17)28(24,25)15-7-8-18-19(13-15)27-11-10-26-18/h1,7-8,13-14,16-17H,3-6,9-12H2,(H,21,23). The number of benzene rings is 1. The van der Waals surface area contributed by atoms with Crippen LogP contribution in [0.2, 0.25) is 0 Å². The number of nitrogens with zero attached hydrogens (tertiary/aromatic N) is 1. The Bertz CT molecular complexity index is 908. The van der Waals surface area contributed by atoms with Crippen molar-refractivity contribution in [2.75, 3.05) is 19.8 Å². The average Bonchev–Trinajstić information content (AvgIpc) is 3.12. The number of hydrogen-bond acceptors (Lipinski definition) is 5. The minimum atomic E-state index is -3.88. The van der Waals surface area contributed by atoms with Crippen LogP contribution in [0, 0.1) is 18.3 Å². The van der Waals surface area contributed by atoms with Crippen molar-refractivity contribution in [1.29, 1.82) is 0 Å². The van der Waals surface area contributed by atoms with Crippen LogP contribution in [0.5, 0.6) is 11.5 Å². The highest BCUT2D eigenvalue weighted by molar-refractivity contribution is 7.89. The molecule has 4 rings (SSSR count). The number of carbonyl (C=O) groups excluding carboxylic acids is 1. The molecule has 3 atom stereocenters. The molecule has 2 heterocycles. The molecule has 28 heavy (non-hydrogen) atoms. The van der Waals surface area contributed by atoms with Gasteiger partial charge in [-0.3, -0.25) is 4.79 Å². The number of hydrogen-bond donors (Lipinski definition) is 1. The van der Waals surface area contributed by atoms with E-state index in [4.69, 9.17) is 15.9 Å². The Balaban J connectivity index is 1.70. The zero-order valence-corrected chi connectivity index (χ0v) is 16.4. The maximum Gasteiger partial charge on any atom is 0.244 e. The zero-order valence-electron chi connectivity index (χ0n) is 15.6. The average molecular weight is 404 g/mol. The lowest BCUT2D eigenvalue weighted by atomic mass is 9.85. The molecule has 150 valence electrons. The Morgan fingerprint density at radius 3 is 2.75 bits per heavy atom. The van der Waals surface area contributed by atoms with Gasteiger partial charge in [-0.15, -0.1) is 6.42 Å². The fourth-order valence-electron chi connectivity index (χ4n) is 4.55. The van der Waals surface area contributed by atoms with Gasteiger partial charge in [0.1, 0.15) is 19.3 Å². The van der Waals surface area contributed by atoms with Crippen LogP contribution >= 0.6 is 0 Å². The smallest absolute Gasteiger partial charge is 0.244 e. The molecule has 0 spiro atoms. The van der Waals surface area contributed by atoms with E-state index in [2.05, 4.69) is 11.2 Å². The molecule has 1 N–H and O–H groups in total. The predicted octanol–water partition coefficient (Wildman–Crippen LogP) is 1.53. The molecule has 0 radical (unpaired) electrons. The lowest BCUT2D eigenvalue weighted by Crippen LogP contribution is -2.49. The normalized spacial score (nSPS) is 26.9. The summed E-state index contributed by atoms with van der Waals surface area (Å²) < 4.78 is 39.6. The third-order valence-corrected chi connectivity index (χ3v) is 7.72. The van der Waals surface area contributed by atoms with E-state index in [0.717, 1.165) is 25.7 Å². The minimum Gasteiger partial charge on any atom is -0.486 e. The number of rotatable bonds is 4. The first kappa shape index (κ1) is 19.1. The van der Waals surface area contributed by atoms with E-state index < -0.39 is 16.1 Å². The van der Waals surface area contributed by atoms with Crippen molar-refractivity contribution in [3.63, 3.8) is 0 Å². The highest BCUT2D eigenvalue weighted by Crippen LogP contribution is 2.43. The fourth-order valence-corrected chi connectivity index (χ4v) is 6.44. The van der Waals surface area contributed by atoms with Gasteiger partial charge in [-0.25, -0.2) is 8.42 Å². The molecule has 0 aromatic heterocycles. The van der Waals surface area contributed by atoms with Crippen LogP contribution < -0.4 is 14.8 Å². The molecule has 3 aliphatic rings. The molecule has 1 aliphatic carbocycles. The van der Waals surface area contributed by atoms with Crippen LogP contribution in [0.4, 0.5) is 0 Å². The summed E-state index contributed by atoms with van der Waals surface area (Å²) in [5.41, 5.74) is 0. The van der Waals surface area contributed by atoms with Crippen molar-refractivity contribution in [1.82, 2.24) is 9.62 Å². The van der Waals surface area contributed by atoms with Crippen LogP contribution in [0.25, 0.3) is 0 Å². The summed E-state index contributed by atoms with van der Waals surface area (Å²) in [5, 5.41) is 2.66. The van der Waals surface area contributed by atoms with E-state index in [1.54, 1.807) is 6.07 Å². The first-order valence-electron chi connectivity index (χ1n) is 9.66. The van der Waals surface area contributed by atoms with Crippen molar-refractivity contribution in [3.8, 4) is 23.8 Å². The summed E-state index contributed by atoms with van der Waals surface area (Å²) >= 11 is 0. The maximum atomic E-state index is 13.6. The van der Waals surface area contributed by atoms with E-state index in [-0.39, 0.29) is 29.3 Å². The van der Waals surface area contributed by atoms with Gasteiger partial charge in [0.2, 0.25) is 15.9 Å². The van der Waals surface area contributed by atoms with Crippen LogP contribution in [-0.2, 0) is 14.8 Å². The van der Waals surface area contributed by atoms with Gasteiger partial charge in [0.05, 0.1) is 11.4 Å². The van der Waals surface area contributed by atoms with Crippen molar-refractivity contribution in [3.05, 3.63) is 18.2 Å². The highest BCUT2D eigenvalue weighted by atomic mass is 32.2. The molecule has 1 saturated heterocycles. The molecule has 0 bridgehead atoms. The molecule has 3 unspecified atom stereocenters. The lowest BCUT2D eigenvalue weighted by Gasteiger charge is -2.32. The summed E-state index contributed by atoms with van der Waals surface area (Å²) in [7, 11) is -3.88. The van der Waals surface area contributed by atoms with Gasteiger partial charge < -0.3 is 14.8 Å². The quantitative estimate of drug-likeness (QED) is 0.770. The van der Waals surface area contributed by atoms with Gasteiger partial charge in [-0.1, -0.05) is 18.8 Å². The summed E-state index contributed by atoms with van der Waals surface area (Å²) in [4.78, 5) is 12.8. The zero-order chi connectivity index (χ0) is 19.7. The summed E-state index contributed by atoms with van der Waals surface area (Å²) in [6.07, 6.45) is 9.52. The van der Waals surface area contributed by atoms with Crippen LogP contribution in [0.15, 0.2) is 23.1 Å². The van der Waals surface area contributed by atoms with E-state index in [1.807, 2.05) is 0 Å². The number of amides is 1. The van der Waals surface area contributed by atoms with Gasteiger partial charge in [-0.2, -0.15) is 4.31 Å². The van der Waals surface area contributed by atoms with Crippen molar-refractivity contribution >= 4 is 15.9 Å². The van der Waals surface area contributed by atoms with Gasteiger partial charge >= 0.3 is 0 Å². The predicted molar refractivity (Wildman–Crippen MR) is 102 cm³/mol. The van der Waals surface area contributed by atoms with Crippen molar-refractivity contribution < 1.29 is 22.7 Å². The SMILES string of the molecule is C#CCNC(=O)C1CC2CCCCC2N1S(=O)(=O)c1ccc2c(c1)OCCO2.